The number of rotatable bonds is 2. The van der Waals surface area contributed by atoms with Gasteiger partial charge in [-0.15, -0.1) is 5.10 Å². The van der Waals surface area contributed by atoms with Crippen LogP contribution in [0.2, 0.25) is 5.02 Å². The van der Waals surface area contributed by atoms with Crippen LogP contribution in [0.5, 0.6) is 0 Å². The van der Waals surface area contributed by atoms with Crippen LogP contribution in [-0.4, -0.2) is 15.0 Å². The Kier molecular flexibility index (Phi) is 3.35. The van der Waals surface area contributed by atoms with Crippen molar-refractivity contribution < 1.29 is 4.39 Å². The van der Waals surface area contributed by atoms with E-state index in [1.54, 1.807) is 24.3 Å². The zero-order valence-corrected chi connectivity index (χ0v) is 12.0. The van der Waals surface area contributed by atoms with E-state index in [0.717, 1.165) is 11.1 Å². The number of halogens is 2. The number of hydrogen-bond donors (Lipinski definition) is 1. The third kappa shape index (κ3) is 2.48. The lowest BCUT2D eigenvalue weighted by Gasteiger charge is -2.06. The molecule has 0 unspecified atom stereocenters. The van der Waals surface area contributed by atoms with Gasteiger partial charge in [0.05, 0.1) is 5.69 Å². The number of aromatic nitrogens is 3. The number of nitrogen functional groups attached to an aromatic ring is 1. The number of aryl methyl sites for hydroxylation is 1. The summed E-state index contributed by atoms with van der Waals surface area (Å²) in [4.78, 5) is 0. The van der Waals surface area contributed by atoms with E-state index in [1.165, 1.54) is 16.8 Å². The van der Waals surface area contributed by atoms with Gasteiger partial charge in [-0.05, 0) is 42.8 Å². The molecule has 3 rings (SSSR count). The van der Waals surface area contributed by atoms with E-state index in [1.807, 2.05) is 13.0 Å². The Morgan fingerprint density at radius 3 is 2.76 bits per heavy atom. The first-order chi connectivity index (χ1) is 10.1. The Balaban J connectivity index is 2.13. The average molecular weight is 303 g/mol. The molecule has 1 aromatic heterocycles. The van der Waals surface area contributed by atoms with Crippen LogP contribution in [0, 0.1) is 12.7 Å². The molecule has 106 valence electrons. The van der Waals surface area contributed by atoms with Crippen LogP contribution in [0.25, 0.3) is 16.9 Å². The lowest BCUT2D eigenvalue weighted by Crippen LogP contribution is -2.02. The fraction of sp³-hybridized carbons (Fsp3) is 0.0667. The van der Waals surface area contributed by atoms with E-state index < -0.39 is 0 Å². The molecule has 0 aliphatic heterocycles. The van der Waals surface area contributed by atoms with Crippen LogP contribution in [0.3, 0.4) is 0 Å². The maximum atomic E-state index is 13.3. The molecule has 4 nitrogen and oxygen atoms in total. The standard InChI is InChI=1S/C15H12ClFN4/c1-9-5-6-10(16)7-13(9)14-15(18)21(20-19-14)12-4-2-3-11(17)8-12/h2-8H,18H2,1H3. The normalized spacial score (nSPS) is 10.8. The van der Waals surface area contributed by atoms with E-state index in [-0.39, 0.29) is 5.82 Å². The van der Waals surface area contributed by atoms with Gasteiger partial charge < -0.3 is 5.73 Å². The topological polar surface area (TPSA) is 56.7 Å². The van der Waals surface area contributed by atoms with Gasteiger partial charge in [-0.25, -0.2) is 4.39 Å². The molecule has 21 heavy (non-hydrogen) atoms. The van der Waals surface area contributed by atoms with Gasteiger partial charge in [-0.3, -0.25) is 0 Å². The van der Waals surface area contributed by atoms with Crippen molar-refractivity contribution >= 4 is 17.4 Å². The molecule has 0 saturated heterocycles. The van der Waals surface area contributed by atoms with Gasteiger partial charge in [0, 0.05) is 10.6 Å². The van der Waals surface area contributed by atoms with Crippen molar-refractivity contribution in [3.8, 4) is 16.9 Å². The highest BCUT2D eigenvalue weighted by Crippen LogP contribution is 2.30. The summed E-state index contributed by atoms with van der Waals surface area (Å²) in [6, 6.07) is 11.5. The Morgan fingerprint density at radius 2 is 2.00 bits per heavy atom. The molecule has 6 heteroatoms. The van der Waals surface area contributed by atoms with E-state index in [0.29, 0.717) is 22.2 Å². The summed E-state index contributed by atoms with van der Waals surface area (Å²) in [5.74, 6) is -0.0196. The van der Waals surface area contributed by atoms with Crippen molar-refractivity contribution in [2.24, 2.45) is 0 Å². The highest BCUT2D eigenvalue weighted by atomic mass is 35.5. The molecule has 0 aliphatic carbocycles. The highest BCUT2D eigenvalue weighted by molar-refractivity contribution is 6.30. The first-order valence-corrected chi connectivity index (χ1v) is 6.67. The molecule has 0 spiro atoms. The molecular weight excluding hydrogens is 291 g/mol. The molecule has 0 amide bonds. The zero-order valence-electron chi connectivity index (χ0n) is 11.2. The number of nitrogens with zero attached hydrogens (tertiary/aromatic N) is 3. The number of hydrogen-bond acceptors (Lipinski definition) is 3. The summed E-state index contributed by atoms with van der Waals surface area (Å²) in [6.45, 7) is 1.94. The average Bonchev–Trinajstić information content (AvgIpc) is 2.83. The van der Waals surface area contributed by atoms with Gasteiger partial charge in [0.2, 0.25) is 0 Å². The van der Waals surface area contributed by atoms with Crippen molar-refractivity contribution in [1.82, 2.24) is 15.0 Å². The van der Waals surface area contributed by atoms with Crippen LogP contribution < -0.4 is 5.73 Å². The maximum absolute atomic E-state index is 13.3. The summed E-state index contributed by atoms with van der Waals surface area (Å²) >= 11 is 6.02. The van der Waals surface area contributed by atoms with Crippen molar-refractivity contribution in [3.63, 3.8) is 0 Å². The Bertz CT molecular complexity index is 813. The third-order valence-corrected chi connectivity index (χ3v) is 3.45. The predicted molar refractivity (Wildman–Crippen MR) is 80.9 cm³/mol. The molecular formula is C15H12ClFN4. The molecule has 0 fully saturated rings. The van der Waals surface area contributed by atoms with Gasteiger partial charge in [0.1, 0.15) is 11.5 Å². The fourth-order valence-electron chi connectivity index (χ4n) is 2.13. The minimum atomic E-state index is -0.358. The zero-order chi connectivity index (χ0) is 15.0. The minimum Gasteiger partial charge on any atom is -0.382 e. The molecule has 0 atom stereocenters. The van der Waals surface area contributed by atoms with Gasteiger partial charge >= 0.3 is 0 Å². The molecule has 0 radical (unpaired) electrons. The number of nitrogens with two attached hydrogens (primary N) is 1. The first-order valence-electron chi connectivity index (χ1n) is 6.30. The molecule has 1 heterocycles. The lowest BCUT2D eigenvalue weighted by molar-refractivity contribution is 0.625. The van der Waals surface area contributed by atoms with Crippen LogP contribution in [0.15, 0.2) is 42.5 Å². The minimum absolute atomic E-state index is 0.339. The summed E-state index contributed by atoms with van der Waals surface area (Å²) in [5.41, 5.74) is 8.95. The third-order valence-electron chi connectivity index (χ3n) is 3.21. The van der Waals surface area contributed by atoms with E-state index in [2.05, 4.69) is 10.3 Å². The van der Waals surface area contributed by atoms with Crippen molar-refractivity contribution in [2.75, 3.05) is 5.73 Å². The van der Waals surface area contributed by atoms with E-state index in [9.17, 15) is 4.39 Å². The summed E-state index contributed by atoms with van der Waals surface area (Å²) < 4.78 is 14.7. The number of benzene rings is 2. The number of anilines is 1. The van der Waals surface area contributed by atoms with Gasteiger partial charge in [0.25, 0.3) is 0 Å². The highest BCUT2D eigenvalue weighted by Gasteiger charge is 2.15. The molecule has 0 bridgehead atoms. The first kappa shape index (κ1) is 13.6. The molecule has 0 saturated carbocycles. The molecule has 3 aromatic rings. The summed E-state index contributed by atoms with van der Waals surface area (Å²) in [5, 5.41) is 8.70. The monoisotopic (exact) mass is 302 g/mol. The largest absolute Gasteiger partial charge is 0.382 e. The second-order valence-electron chi connectivity index (χ2n) is 4.67. The van der Waals surface area contributed by atoms with Gasteiger partial charge in [-0.2, -0.15) is 4.68 Å². The predicted octanol–water partition coefficient (Wildman–Crippen LogP) is 3.62. The molecule has 2 N–H and O–H groups in total. The van der Waals surface area contributed by atoms with Crippen LogP contribution >= 0.6 is 11.6 Å². The van der Waals surface area contributed by atoms with Crippen LogP contribution in [0.4, 0.5) is 10.2 Å². The Hall–Kier alpha value is -2.40. The molecule has 0 aliphatic rings. The van der Waals surface area contributed by atoms with Crippen molar-refractivity contribution in [3.05, 3.63) is 58.9 Å². The maximum Gasteiger partial charge on any atom is 0.155 e. The Labute approximate surface area is 126 Å². The fourth-order valence-corrected chi connectivity index (χ4v) is 2.30. The molecule has 2 aromatic carbocycles. The second-order valence-corrected chi connectivity index (χ2v) is 5.11. The van der Waals surface area contributed by atoms with E-state index in [4.69, 9.17) is 17.3 Å². The SMILES string of the molecule is Cc1ccc(Cl)cc1-c1nnn(-c2cccc(F)c2)c1N. The van der Waals surface area contributed by atoms with Crippen LogP contribution in [0.1, 0.15) is 5.56 Å². The van der Waals surface area contributed by atoms with Gasteiger partial charge in [-0.1, -0.05) is 28.9 Å². The lowest BCUT2D eigenvalue weighted by atomic mass is 10.1. The second kappa shape index (κ2) is 5.18. The van der Waals surface area contributed by atoms with Crippen molar-refractivity contribution in [2.45, 2.75) is 6.92 Å². The quantitative estimate of drug-likeness (QED) is 0.786. The van der Waals surface area contributed by atoms with Crippen molar-refractivity contribution in [1.29, 1.82) is 0 Å². The summed E-state index contributed by atoms with van der Waals surface area (Å²) in [6.07, 6.45) is 0. The smallest absolute Gasteiger partial charge is 0.155 e. The van der Waals surface area contributed by atoms with Gasteiger partial charge in [0.15, 0.2) is 5.82 Å². The summed E-state index contributed by atoms with van der Waals surface area (Å²) in [7, 11) is 0. The van der Waals surface area contributed by atoms with E-state index >= 15 is 0 Å². The van der Waals surface area contributed by atoms with Crippen LogP contribution in [-0.2, 0) is 0 Å². The Morgan fingerprint density at radius 1 is 1.19 bits per heavy atom.